The molecule has 0 fully saturated rings. The summed E-state index contributed by atoms with van der Waals surface area (Å²) < 4.78 is 0. The lowest BCUT2D eigenvalue weighted by atomic mass is 9.97. The van der Waals surface area contributed by atoms with Gasteiger partial charge in [-0.15, -0.1) is 0 Å². The molecule has 0 aliphatic heterocycles. The van der Waals surface area contributed by atoms with Crippen LogP contribution in [0.25, 0.3) is 0 Å². The normalized spacial score (nSPS) is 13.9. The largest absolute Gasteiger partial charge is 0.353 e. The van der Waals surface area contributed by atoms with Crippen molar-refractivity contribution in [3.05, 3.63) is 0 Å². The van der Waals surface area contributed by atoms with E-state index < -0.39 is 17.7 Å². The minimum atomic E-state index is -0.730. The number of nitrogens with one attached hydrogen (secondary N) is 2. The van der Waals surface area contributed by atoms with Gasteiger partial charge in [-0.2, -0.15) is 0 Å². The van der Waals surface area contributed by atoms with Crippen LogP contribution < -0.4 is 10.6 Å². The molecule has 5 nitrogen and oxygen atoms in total. The Morgan fingerprint density at radius 1 is 1.11 bits per heavy atom. The SMILES string of the molecule is CCC(NC(=O)[C@@H](C)CC(C)C)C(=O)C(=O)NC. The fourth-order valence-corrected chi connectivity index (χ4v) is 1.76. The molecular weight excluding hydrogens is 232 g/mol. The molecule has 18 heavy (non-hydrogen) atoms. The topological polar surface area (TPSA) is 75.3 Å². The number of carbonyl (C=O) groups excluding carboxylic acids is 3. The molecule has 0 heterocycles. The van der Waals surface area contributed by atoms with E-state index >= 15 is 0 Å². The van der Waals surface area contributed by atoms with Crippen molar-refractivity contribution in [2.45, 2.75) is 46.6 Å². The van der Waals surface area contributed by atoms with E-state index in [9.17, 15) is 14.4 Å². The summed E-state index contributed by atoms with van der Waals surface area (Å²) in [6.45, 7) is 7.67. The lowest BCUT2D eigenvalue weighted by Crippen LogP contribution is -2.48. The zero-order valence-electron chi connectivity index (χ0n) is 11.9. The zero-order valence-corrected chi connectivity index (χ0v) is 11.9. The van der Waals surface area contributed by atoms with Crippen LogP contribution in [0.3, 0.4) is 0 Å². The second kappa shape index (κ2) is 7.84. The highest BCUT2D eigenvalue weighted by atomic mass is 16.2. The molecule has 0 bridgehead atoms. The van der Waals surface area contributed by atoms with Gasteiger partial charge >= 0.3 is 0 Å². The van der Waals surface area contributed by atoms with Gasteiger partial charge in [0.2, 0.25) is 11.7 Å². The van der Waals surface area contributed by atoms with Gasteiger partial charge in [-0.1, -0.05) is 27.7 Å². The number of rotatable bonds is 7. The van der Waals surface area contributed by atoms with Crippen molar-refractivity contribution >= 4 is 17.6 Å². The van der Waals surface area contributed by atoms with Crippen molar-refractivity contribution in [2.75, 3.05) is 7.05 Å². The first-order chi connectivity index (χ1) is 8.33. The summed E-state index contributed by atoms with van der Waals surface area (Å²) in [6, 6.07) is -0.730. The van der Waals surface area contributed by atoms with Crippen LogP contribution in [0.1, 0.15) is 40.5 Å². The van der Waals surface area contributed by atoms with Gasteiger partial charge in [-0.3, -0.25) is 14.4 Å². The Morgan fingerprint density at radius 3 is 2.06 bits per heavy atom. The number of Topliss-reactive ketones (excluding diaryl/α,β-unsaturated/α-hetero) is 1. The monoisotopic (exact) mass is 256 g/mol. The molecule has 0 saturated heterocycles. The van der Waals surface area contributed by atoms with Crippen molar-refractivity contribution in [3.8, 4) is 0 Å². The highest BCUT2D eigenvalue weighted by molar-refractivity contribution is 6.38. The fraction of sp³-hybridized carbons (Fsp3) is 0.769. The zero-order chi connectivity index (χ0) is 14.3. The van der Waals surface area contributed by atoms with Crippen molar-refractivity contribution in [1.29, 1.82) is 0 Å². The molecule has 0 spiro atoms. The predicted octanol–water partition coefficient (Wildman–Crippen LogP) is 0.878. The quantitative estimate of drug-likeness (QED) is 0.664. The molecule has 0 aromatic heterocycles. The number of likely N-dealkylation sites (N-methyl/N-ethyl adjacent to an activating group) is 1. The number of hydrogen-bond donors (Lipinski definition) is 2. The van der Waals surface area contributed by atoms with Crippen molar-refractivity contribution in [2.24, 2.45) is 11.8 Å². The van der Waals surface area contributed by atoms with E-state index in [2.05, 4.69) is 10.6 Å². The molecule has 0 radical (unpaired) electrons. The number of amides is 2. The molecule has 2 atom stereocenters. The maximum atomic E-state index is 11.9. The van der Waals surface area contributed by atoms with Gasteiger partial charge in [0.1, 0.15) is 0 Å². The lowest BCUT2D eigenvalue weighted by Gasteiger charge is -2.19. The van der Waals surface area contributed by atoms with Gasteiger partial charge in [0, 0.05) is 13.0 Å². The van der Waals surface area contributed by atoms with Crippen LogP contribution in [-0.2, 0) is 14.4 Å². The van der Waals surface area contributed by atoms with Crippen LogP contribution in [0.2, 0.25) is 0 Å². The second-order valence-electron chi connectivity index (χ2n) is 4.94. The summed E-state index contributed by atoms with van der Waals surface area (Å²) in [5, 5.41) is 4.91. The van der Waals surface area contributed by atoms with E-state index in [1.165, 1.54) is 7.05 Å². The molecule has 5 heteroatoms. The average molecular weight is 256 g/mol. The van der Waals surface area contributed by atoms with Crippen LogP contribution in [-0.4, -0.2) is 30.7 Å². The molecule has 2 N–H and O–H groups in total. The molecule has 0 aromatic carbocycles. The van der Waals surface area contributed by atoms with Crippen LogP contribution >= 0.6 is 0 Å². The summed E-state index contributed by atoms with van der Waals surface area (Å²) in [4.78, 5) is 34.8. The van der Waals surface area contributed by atoms with Gasteiger partial charge in [-0.05, 0) is 18.8 Å². The lowest BCUT2D eigenvalue weighted by molar-refractivity contribution is -0.140. The second-order valence-corrected chi connectivity index (χ2v) is 4.94. The Morgan fingerprint density at radius 2 is 1.67 bits per heavy atom. The number of ketones is 1. The van der Waals surface area contributed by atoms with E-state index in [1.807, 2.05) is 20.8 Å². The minimum Gasteiger partial charge on any atom is -0.353 e. The standard InChI is InChI=1S/C13H24N2O3/c1-6-10(11(16)13(18)14-5)15-12(17)9(4)7-8(2)3/h8-10H,6-7H2,1-5H3,(H,14,18)(H,15,17)/t9-,10?/m0/s1. The molecule has 2 amide bonds. The first kappa shape index (κ1) is 16.6. The van der Waals surface area contributed by atoms with E-state index in [-0.39, 0.29) is 11.8 Å². The van der Waals surface area contributed by atoms with Gasteiger partial charge in [0.15, 0.2) is 0 Å². The maximum absolute atomic E-state index is 11.9. The number of carbonyl (C=O) groups is 3. The van der Waals surface area contributed by atoms with E-state index in [0.29, 0.717) is 12.3 Å². The minimum absolute atomic E-state index is 0.156. The summed E-state index contributed by atoms with van der Waals surface area (Å²) >= 11 is 0. The molecule has 1 unspecified atom stereocenters. The Bertz CT molecular complexity index is 313. The van der Waals surface area contributed by atoms with Crippen molar-refractivity contribution in [1.82, 2.24) is 10.6 Å². The molecule has 0 aliphatic rings. The third kappa shape index (κ3) is 5.29. The van der Waals surface area contributed by atoms with Crippen LogP contribution in [0, 0.1) is 11.8 Å². The van der Waals surface area contributed by atoms with Crippen LogP contribution in [0.5, 0.6) is 0 Å². The van der Waals surface area contributed by atoms with Gasteiger partial charge in [0.25, 0.3) is 5.91 Å². The summed E-state index contributed by atoms with van der Waals surface area (Å²) in [5.41, 5.74) is 0. The average Bonchev–Trinajstić information content (AvgIpc) is 2.32. The predicted molar refractivity (Wildman–Crippen MR) is 69.9 cm³/mol. The molecule has 0 aliphatic carbocycles. The third-order valence-corrected chi connectivity index (χ3v) is 2.76. The van der Waals surface area contributed by atoms with E-state index in [1.54, 1.807) is 6.92 Å². The van der Waals surface area contributed by atoms with E-state index in [0.717, 1.165) is 6.42 Å². The molecule has 0 aromatic rings. The third-order valence-electron chi connectivity index (χ3n) is 2.76. The van der Waals surface area contributed by atoms with Gasteiger partial charge in [-0.25, -0.2) is 0 Å². The molecule has 0 rings (SSSR count). The Kier molecular flexibility index (Phi) is 7.24. The Balaban J connectivity index is 4.49. The first-order valence-electron chi connectivity index (χ1n) is 6.39. The molecule has 0 saturated carbocycles. The van der Waals surface area contributed by atoms with Crippen LogP contribution in [0.15, 0.2) is 0 Å². The number of hydrogen-bond acceptors (Lipinski definition) is 3. The summed E-state index contributed by atoms with van der Waals surface area (Å²) in [5.74, 6) is -1.17. The Labute approximate surface area is 109 Å². The smallest absolute Gasteiger partial charge is 0.289 e. The van der Waals surface area contributed by atoms with Gasteiger partial charge < -0.3 is 10.6 Å². The van der Waals surface area contributed by atoms with E-state index in [4.69, 9.17) is 0 Å². The highest BCUT2D eigenvalue weighted by Crippen LogP contribution is 2.11. The molecular formula is C13H24N2O3. The van der Waals surface area contributed by atoms with Gasteiger partial charge in [0.05, 0.1) is 6.04 Å². The highest BCUT2D eigenvalue weighted by Gasteiger charge is 2.26. The van der Waals surface area contributed by atoms with Crippen molar-refractivity contribution in [3.63, 3.8) is 0 Å². The summed E-state index contributed by atoms with van der Waals surface area (Å²) in [6.07, 6.45) is 1.17. The summed E-state index contributed by atoms with van der Waals surface area (Å²) in [7, 11) is 1.40. The van der Waals surface area contributed by atoms with Crippen molar-refractivity contribution < 1.29 is 14.4 Å². The molecule has 104 valence electrons. The fourth-order valence-electron chi connectivity index (χ4n) is 1.76. The van der Waals surface area contributed by atoms with Crippen LogP contribution in [0.4, 0.5) is 0 Å². The maximum Gasteiger partial charge on any atom is 0.289 e. The first-order valence-corrected chi connectivity index (χ1v) is 6.39. The Hall–Kier alpha value is -1.39.